The molecule has 3 aromatic carbocycles. The van der Waals surface area contributed by atoms with Gasteiger partial charge in [0.25, 0.3) is 0 Å². The van der Waals surface area contributed by atoms with Crippen LogP contribution in [-0.4, -0.2) is 54.5 Å². The van der Waals surface area contributed by atoms with Crippen LogP contribution in [0.25, 0.3) is 10.9 Å². The van der Waals surface area contributed by atoms with Gasteiger partial charge >= 0.3 is 0 Å². The van der Waals surface area contributed by atoms with Gasteiger partial charge in [0.05, 0.1) is 34.0 Å². The number of hydrogen-bond donors (Lipinski definition) is 0. The molecule has 0 aliphatic carbocycles. The average Bonchev–Trinajstić information content (AvgIpc) is 3.52. The molecule has 0 N–H and O–H groups in total. The SMILES string of the molecule is CN1CCN(c2ccc3c(c2)CC(c2ccc4c(c2)CC(c2ccc5ccccc5n2)=N4)=N3)CC1. The number of aliphatic imine (C=N–C) groups is 2. The summed E-state index contributed by atoms with van der Waals surface area (Å²) >= 11 is 0. The zero-order valence-corrected chi connectivity index (χ0v) is 19.9. The van der Waals surface area contributed by atoms with E-state index >= 15 is 0 Å². The molecule has 3 aliphatic heterocycles. The van der Waals surface area contributed by atoms with Gasteiger partial charge in [-0.05, 0) is 66.2 Å². The molecule has 35 heavy (non-hydrogen) atoms. The molecule has 1 saturated heterocycles. The van der Waals surface area contributed by atoms with Crippen LogP contribution in [0.5, 0.6) is 0 Å². The minimum Gasteiger partial charge on any atom is -0.369 e. The van der Waals surface area contributed by atoms with E-state index in [0.29, 0.717) is 0 Å². The molecule has 0 amide bonds. The van der Waals surface area contributed by atoms with Crippen molar-refractivity contribution < 1.29 is 0 Å². The van der Waals surface area contributed by atoms with Gasteiger partial charge in [-0.25, -0.2) is 4.98 Å². The van der Waals surface area contributed by atoms with Gasteiger partial charge in [-0.15, -0.1) is 0 Å². The smallest absolute Gasteiger partial charge is 0.0855 e. The highest BCUT2D eigenvalue weighted by atomic mass is 15.2. The molecule has 1 aromatic heterocycles. The molecule has 4 aromatic rings. The number of pyridine rings is 1. The lowest BCUT2D eigenvalue weighted by molar-refractivity contribution is 0.313. The minimum atomic E-state index is 0.808. The van der Waals surface area contributed by atoms with Gasteiger partial charge < -0.3 is 9.80 Å². The highest BCUT2D eigenvalue weighted by molar-refractivity contribution is 6.09. The van der Waals surface area contributed by atoms with Crippen LogP contribution in [0.4, 0.5) is 17.1 Å². The fraction of sp³-hybridized carbons (Fsp3) is 0.233. The zero-order valence-electron chi connectivity index (χ0n) is 19.9. The van der Waals surface area contributed by atoms with E-state index in [1.165, 1.54) is 22.4 Å². The second kappa shape index (κ2) is 8.14. The molecule has 0 atom stereocenters. The number of para-hydroxylation sites is 1. The molecule has 5 nitrogen and oxygen atoms in total. The van der Waals surface area contributed by atoms with Crippen molar-refractivity contribution in [2.24, 2.45) is 9.98 Å². The Hall–Kier alpha value is -3.83. The molecule has 3 aliphatic rings. The van der Waals surface area contributed by atoms with Crippen molar-refractivity contribution >= 4 is 39.4 Å². The third-order valence-corrected chi connectivity index (χ3v) is 7.46. The van der Waals surface area contributed by atoms with Gasteiger partial charge in [0, 0.05) is 50.1 Å². The Kier molecular flexibility index (Phi) is 4.77. The van der Waals surface area contributed by atoms with E-state index < -0.39 is 0 Å². The molecule has 172 valence electrons. The number of piperazine rings is 1. The van der Waals surface area contributed by atoms with Gasteiger partial charge in [-0.2, -0.15) is 0 Å². The normalized spacial score (nSPS) is 17.3. The van der Waals surface area contributed by atoms with Crippen molar-refractivity contribution in [2.75, 3.05) is 38.1 Å². The standard InChI is InChI=1S/C30H27N5/c1-34-12-14-35(15-13-34)24-8-11-27-23(17-24)18-29(32-27)21-7-9-26-22(16-21)19-30(33-26)28-10-6-20-4-2-3-5-25(20)31-28/h2-11,16-17H,12-15,18-19H2,1H3. The molecule has 1 fully saturated rings. The summed E-state index contributed by atoms with van der Waals surface area (Å²) in [6, 6.07) is 25.8. The number of anilines is 1. The van der Waals surface area contributed by atoms with Crippen molar-refractivity contribution in [1.82, 2.24) is 9.88 Å². The summed E-state index contributed by atoms with van der Waals surface area (Å²) in [6.07, 6.45) is 1.69. The lowest BCUT2D eigenvalue weighted by Crippen LogP contribution is -2.44. The number of nitrogens with zero attached hydrogens (tertiary/aromatic N) is 5. The quantitative estimate of drug-likeness (QED) is 0.417. The third kappa shape index (κ3) is 3.72. The second-order valence-electron chi connectivity index (χ2n) is 9.81. The van der Waals surface area contributed by atoms with Crippen LogP contribution < -0.4 is 4.90 Å². The Bertz CT molecular complexity index is 1530. The predicted molar refractivity (Wildman–Crippen MR) is 144 cm³/mol. The first-order valence-corrected chi connectivity index (χ1v) is 12.4. The third-order valence-electron chi connectivity index (χ3n) is 7.46. The van der Waals surface area contributed by atoms with Crippen LogP contribution in [-0.2, 0) is 12.8 Å². The first kappa shape index (κ1) is 20.5. The fourth-order valence-electron chi connectivity index (χ4n) is 5.37. The Morgan fingerprint density at radius 2 is 1.43 bits per heavy atom. The summed E-state index contributed by atoms with van der Waals surface area (Å²) < 4.78 is 0. The number of likely N-dealkylation sites (N-methyl/N-ethyl adjacent to an activating group) is 1. The molecule has 0 radical (unpaired) electrons. The number of hydrogen-bond acceptors (Lipinski definition) is 5. The maximum absolute atomic E-state index is 5.00. The van der Waals surface area contributed by atoms with Crippen LogP contribution in [0.3, 0.4) is 0 Å². The van der Waals surface area contributed by atoms with E-state index in [4.69, 9.17) is 15.0 Å². The van der Waals surface area contributed by atoms with Crippen LogP contribution in [0.1, 0.15) is 22.4 Å². The number of benzene rings is 3. The molecule has 5 heteroatoms. The van der Waals surface area contributed by atoms with Gasteiger partial charge in [-0.3, -0.25) is 9.98 Å². The fourth-order valence-corrected chi connectivity index (χ4v) is 5.37. The maximum Gasteiger partial charge on any atom is 0.0855 e. The highest BCUT2D eigenvalue weighted by Crippen LogP contribution is 2.35. The Labute approximate surface area is 205 Å². The summed E-state index contributed by atoms with van der Waals surface area (Å²) in [5.74, 6) is 0. The van der Waals surface area contributed by atoms with Gasteiger partial charge in [-0.1, -0.05) is 30.3 Å². The van der Waals surface area contributed by atoms with E-state index in [9.17, 15) is 0 Å². The lowest BCUT2D eigenvalue weighted by atomic mass is 9.99. The first-order valence-electron chi connectivity index (χ1n) is 12.4. The molecule has 0 saturated carbocycles. The zero-order chi connectivity index (χ0) is 23.4. The van der Waals surface area contributed by atoms with Crippen LogP contribution in [0.2, 0.25) is 0 Å². The predicted octanol–water partition coefficient (Wildman–Crippen LogP) is 5.34. The lowest BCUT2D eigenvalue weighted by Gasteiger charge is -2.34. The van der Waals surface area contributed by atoms with E-state index in [1.807, 2.05) is 12.1 Å². The first-order chi connectivity index (χ1) is 17.2. The van der Waals surface area contributed by atoms with Crippen LogP contribution >= 0.6 is 0 Å². The average molecular weight is 458 g/mol. The van der Waals surface area contributed by atoms with Gasteiger partial charge in [0.2, 0.25) is 0 Å². The molecular formula is C30H27N5. The van der Waals surface area contributed by atoms with Crippen molar-refractivity contribution in [1.29, 1.82) is 0 Å². The number of rotatable bonds is 3. The maximum atomic E-state index is 5.00. The largest absolute Gasteiger partial charge is 0.369 e. The molecule has 0 bridgehead atoms. The van der Waals surface area contributed by atoms with Crippen molar-refractivity contribution in [2.45, 2.75) is 12.8 Å². The highest BCUT2D eigenvalue weighted by Gasteiger charge is 2.22. The van der Waals surface area contributed by atoms with E-state index in [-0.39, 0.29) is 0 Å². The Morgan fingerprint density at radius 3 is 2.31 bits per heavy atom. The Morgan fingerprint density at radius 1 is 0.686 bits per heavy atom. The van der Waals surface area contributed by atoms with Crippen molar-refractivity contribution in [3.8, 4) is 0 Å². The van der Waals surface area contributed by atoms with Crippen molar-refractivity contribution in [3.05, 3.63) is 95.2 Å². The Balaban J connectivity index is 1.10. The second-order valence-corrected chi connectivity index (χ2v) is 9.81. The van der Waals surface area contributed by atoms with Gasteiger partial charge in [0.1, 0.15) is 0 Å². The topological polar surface area (TPSA) is 44.1 Å². The molecular weight excluding hydrogens is 430 g/mol. The summed E-state index contributed by atoms with van der Waals surface area (Å²) in [6.45, 7) is 4.41. The van der Waals surface area contributed by atoms with Crippen LogP contribution in [0.15, 0.2) is 82.8 Å². The van der Waals surface area contributed by atoms with E-state index in [2.05, 4.69) is 77.5 Å². The van der Waals surface area contributed by atoms with Crippen molar-refractivity contribution in [3.63, 3.8) is 0 Å². The number of aromatic nitrogens is 1. The molecule has 0 unspecified atom stereocenters. The summed E-state index contributed by atoms with van der Waals surface area (Å²) in [7, 11) is 2.20. The minimum absolute atomic E-state index is 0.808. The van der Waals surface area contributed by atoms with E-state index in [0.717, 1.165) is 78.4 Å². The molecule has 4 heterocycles. The summed E-state index contributed by atoms with van der Waals surface area (Å²) in [4.78, 5) is 19.7. The van der Waals surface area contributed by atoms with Crippen LogP contribution in [0, 0.1) is 0 Å². The molecule has 0 spiro atoms. The van der Waals surface area contributed by atoms with Gasteiger partial charge in [0.15, 0.2) is 0 Å². The summed E-state index contributed by atoms with van der Waals surface area (Å²) in [5.41, 5.74) is 11.4. The monoisotopic (exact) mass is 457 g/mol. The molecule has 7 rings (SSSR count). The summed E-state index contributed by atoms with van der Waals surface area (Å²) in [5, 5.41) is 1.16. The number of fused-ring (bicyclic) bond motifs is 3. The van der Waals surface area contributed by atoms with E-state index in [1.54, 1.807) is 0 Å².